The molecule has 0 amide bonds. The third-order valence-corrected chi connectivity index (χ3v) is 4.88. The molecule has 2 heterocycles. The molecule has 0 bridgehead atoms. The van der Waals surface area contributed by atoms with E-state index in [4.69, 9.17) is 0 Å². The monoisotopic (exact) mass is 300 g/mol. The van der Waals surface area contributed by atoms with Gasteiger partial charge in [-0.15, -0.1) is 0 Å². The zero-order valence-electron chi connectivity index (χ0n) is 11.1. The van der Waals surface area contributed by atoms with Gasteiger partial charge in [0.1, 0.15) is 5.82 Å². The third-order valence-electron chi connectivity index (χ3n) is 3.16. The second kappa shape index (κ2) is 5.61. The van der Waals surface area contributed by atoms with E-state index in [1.807, 2.05) is 0 Å². The number of nitrogens with zero attached hydrogens (tertiary/aromatic N) is 3. The van der Waals surface area contributed by atoms with Crippen LogP contribution < -0.4 is 10.2 Å². The van der Waals surface area contributed by atoms with E-state index in [2.05, 4.69) is 10.3 Å². The Kier molecular flexibility index (Phi) is 4.07. The number of aromatic nitrogens is 1. The molecule has 0 spiro atoms. The first-order valence-corrected chi connectivity index (χ1v) is 8.03. The predicted octanol–water partition coefficient (Wildman–Crippen LogP) is 0.656. The predicted molar refractivity (Wildman–Crippen MR) is 75.9 cm³/mol. The molecule has 0 unspecified atom stereocenters. The molecule has 1 N–H and O–H groups in total. The van der Waals surface area contributed by atoms with Gasteiger partial charge in [-0.2, -0.15) is 0 Å². The van der Waals surface area contributed by atoms with Crippen LogP contribution in [0.1, 0.15) is 6.42 Å². The Morgan fingerprint density at radius 2 is 2.10 bits per heavy atom. The van der Waals surface area contributed by atoms with E-state index in [-0.39, 0.29) is 29.6 Å². The second-order valence-electron chi connectivity index (χ2n) is 4.54. The number of pyridine rings is 1. The van der Waals surface area contributed by atoms with E-state index in [1.165, 1.54) is 12.1 Å². The van der Waals surface area contributed by atoms with Gasteiger partial charge in [0.25, 0.3) is 0 Å². The van der Waals surface area contributed by atoms with Crippen molar-refractivity contribution >= 4 is 27.2 Å². The van der Waals surface area contributed by atoms with Gasteiger partial charge in [0, 0.05) is 26.2 Å². The summed E-state index contributed by atoms with van der Waals surface area (Å²) in [5.41, 5.74) is -0.108. The van der Waals surface area contributed by atoms with Crippen molar-refractivity contribution in [1.82, 2.24) is 4.98 Å². The highest BCUT2D eigenvalue weighted by molar-refractivity contribution is 7.91. The van der Waals surface area contributed by atoms with Crippen molar-refractivity contribution in [1.29, 1.82) is 0 Å². The molecule has 1 aromatic rings. The number of nitrogens with one attached hydrogen (secondary N) is 1. The largest absolute Gasteiger partial charge is 0.373 e. The lowest BCUT2D eigenvalue weighted by atomic mass is 10.3. The number of nitro groups is 1. The van der Waals surface area contributed by atoms with Gasteiger partial charge >= 0.3 is 5.69 Å². The van der Waals surface area contributed by atoms with Gasteiger partial charge < -0.3 is 10.2 Å². The molecular formula is C11H16N4O4S. The molecule has 2 rings (SSSR count). The summed E-state index contributed by atoms with van der Waals surface area (Å²) >= 11 is 0. The standard InChI is InChI=1S/C11H16N4O4S/c1-12-10-4-3-9(15(16)17)11(13-10)14-5-2-7-20(18,19)8-6-14/h3-4H,2,5-8H2,1H3,(H,12,13). The maximum absolute atomic E-state index is 11.6. The number of rotatable bonds is 3. The van der Waals surface area contributed by atoms with Gasteiger partial charge in [0.2, 0.25) is 5.82 Å². The van der Waals surface area contributed by atoms with Crippen LogP contribution in [0.3, 0.4) is 0 Å². The van der Waals surface area contributed by atoms with E-state index >= 15 is 0 Å². The normalized spacial score (nSPS) is 18.4. The lowest BCUT2D eigenvalue weighted by molar-refractivity contribution is -0.384. The summed E-state index contributed by atoms with van der Waals surface area (Å²) in [5.74, 6) is 0.843. The Hall–Kier alpha value is -1.90. The van der Waals surface area contributed by atoms with Crippen LogP contribution in [0.5, 0.6) is 0 Å². The van der Waals surface area contributed by atoms with E-state index in [0.29, 0.717) is 18.8 Å². The molecular weight excluding hydrogens is 284 g/mol. The highest BCUT2D eigenvalue weighted by atomic mass is 32.2. The zero-order valence-corrected chi connectivity index (χ0v) is 11.9. The number of hydrogen-bond donors (Lipinski definition) is 1. The molecule has 1 fully saturated rings. The molecule has 1 saturated heterocycles. The molecule has 0 aliphatic carbocycles. The Balaban J connectivity index is 2.37. The van der Waals surface area contributed by atoms with Gasteiger partial charge in [0.05, 0.1) is 16.4 Å². The fourth-order valence-corrected chi connectivity index (χ4v) is 3.38. The molecule has 1 aromatic heterocycles. The van der Waals surface area contributed by atoms with Crippen molar-refractivity contribution in [2.45, 2.75) is 6.42 Å². The molecule has 1 aliphatic rings. The summed E-state index contributed by atoms with van der Waals surface area (Å²) in [6.45, 7) is 0.670. The topological polar surface area (TPSA) is 105 Å². The number of hydrogen-bond acceptors (Lipinski definition) is 7. The van der Waals surface area contributed by atoms with Crippen molar-refractivity contribution in [3.8, 4) is 0 Å². The molecule has 110 valence electrons. The van der Waals surface area contributed by atoms with Crippen LogP contribution in [0.25, 0.3) is 0 Å². The molecule has 0 saturated carbocycles. The minimum atomic E-state index is -3.06. The van der Waals surface area contributed by atoms with Crippen LogP contribution in [-0.4, -0.2) is 50.0 Å². The van der Waals surface area contributed by atoms with Crippen molar-refractivity contribution in [3.05, 3.63) is 22.2 Å². The van der Waals surface area contributed by atoms with Gasteiger partial charge in [-0.05, 0) is 12.5 Å². The molecule has 20 heavy (non-hydrogen) atoms. The highest BCUT2D eigenvalue weighted by Gasteiger charge is 2.26. The summed E-state index contributed by atoms with van der Waals surface area (Å²) in [6, 6.07) is 2.91. The summed E-state index contributed by atoms with van der Waals surface area (Å²) < 4.78 is 23.2. The minimum absolute atomic E-state index is 0.00435. The maximum atomic E-state index is 11.6. The zero-order chi connectivity index (χ0) is 14.8. The molecule has 0 atom stereocenters. The highest BCUT2D eigenvalue weighted by Crippen LogP contribution is 2.28. The lowest BCUT2D eigenvalue weighted by Gasteiger charge is -2.20. The summed E-state index contributed by atoms with van der Waals surface area (Å²) in [6.07, 6.45) is 0.449. The Morgan fingerprint density at radius 3 is 2.75 bits per heavy atom. The SMILES string of the molecule is CNc1ccc([N+](=O)[O-])c(N2CCCS(=O)(=O)CC2)n1. The van der Waals surface area contributed by atoms with Crippen LogP contribution in [0.4, 0.5) is 17.3 Å². The molecule has 8 nitrogen and oxygen atoms in total. The Labute approximate surface area is 116 Å². The van der Waals surface area contributed by atoms with Crippen molar-refractivity contribution in [2.75, 3.05) is 41.9 Å². The van der Waals surface area contributed by atoms with Crippen LogP contribution >= 0.6 is 0 Å². The Bertz CT molecular complexity index is 617. The first-order chi connectivity index (χ1) is 9.43. The van der Waals surface area contributed by atoms with Gasteiger partial charge in [0.15, 0.2) is 9.84 Å². The van der Waals surface area contributed by atoms with Crippen LogP contribution in [-0.2, 0) is 9.84 Å². The summed E-state index contributed by atoms with van der Waals surface area (Å²) in [5, 5.41) is 13.9. The van der Waals surface area contributed by atoms with Gasteiger partial charge in [-0.1, -0.05) is 0 Å². The van der Waals surface area contributed by atoms with Crippen LogP contribution in [0, 0.1) is 10.1 Å². The Morgan fingerprint density at radius 1 is 1.35 bits per heavy atom. The van der Waals surface area contributed by atoms with E-state index in [9.17, 15) is 18.5 Å². The van der Waals surface area contributed by atoms with Gasteiger partial charge in [-0.3, -0.25) is 10.1 Å². The molecule has 0 radical (unpaired) electrons. The molecule has 0 aromatic carbocycles. The van der Waals surface area contributed by atoms with Gasteiger partial charge in [-0.25, -0.2) is 13.4 Å². The fourth-order valence-electron chi connectivity index (χ4n) is 2.11. The fraction of sp³-hybridized carbons (Fsp3) is 0.545. The molecule has 1 aliphatic heterocycles. The summed E-state index contributed by atoms with van der Waals surface area (Å²) in [4.78, 5) is 16.5. The smallest absolute Gasteiger partial charge is 0.311 e. The van der Waals surface area contributed by atoms with E-state index < -0.39 is 14.8 Å². The third kappa shape index (κ3) is 3.16. The number of sulfone groups is 1. The first-order valence-electron chi connectivity index (χ1n) is 6.21. The van der Waals surface area contributed by atoms with Crippen LogP contribution in [0.2, 0.25) is 0 Å². The summed E-state index contributed by atoms with van der Waals surface area (Å²) in [7, 11) is -1.39. The molecule has 9 heteroatoms. The lowest BCUT2D eigenvalue weighted by Crippen LogP contribution is -2.28. The van der Waals surface area contributed by atoms with Crippen LogP contribution in [0.15, 0.2) is 12.1 Å². The van der Waals surface area contributed by atoms with Crippen molar-refractivity contribution < 1.29 is 13.3 Å². The van der Waals surface area contributed by atoms with Crippen molar-refractivity contribution in [3.63, 3.8) is 0 Å². The van der Waals surface area contributed by atoms with E-state index in [0.717, 1.165) is 0 Å². The second-order valence-corrected chi connectivity index (χ2v) is 6.84. The first kappa shape index (κ1) is 14.5. The average Bonchev–Trinajstić information content (AvgIpc) is 2.58. The number of anilines is 2. The minimum Gasteiger partial charge on any atom is -0.373 e. The van der Waals surface area contributed by atoms with Crippen molar-refractivity contribution in [2.24, 2.45) is 0 Å². The maximum Gasteiger partial charge on any atom is 0.311 e. The average molecular weight is 300 g/mol. The van der Waals surface area contributed by atoms with E-state index in [1.54, 1.807) is 11.9 Å². The quantitative estimate of drug-likeness (QED) is 0.645.